The maximum Gasteiger partial charge on any atom is 0.0798 e. The zero-order valence-electron chi connectivity index (χ0n) is 7.05. The van der Waals surface area contributed by atoms with Gasteiger partial charge in [0.2, 0.25) is 0 Å². The highest BCUT2D eigenvalue weighted by atomic mass is 16.3. The minimum Gasteiger partial charge on any atom is -0.389 e. The van der Waals surface area contributed by atoms with E-state index in [1.807, 2.05) is 0 Å². The van der Waals surface area contributed by atoms with E-state index in [2.05, 4.69) is 0 Å². The van der Waals surface area contributed by atoms with Crippen LogP contribution in [0.2, 0.25) is 0 Å². The molecule has 2 heteroatoms. The van der Waals surface area contributed by atoms with Crippen molar-refractivity contribution in [3.63, 3.8) is 0 Å². The first kappa shape index (κ1) is 9.66. The monoisotopic (exact) mass is 144 g/mol. The molecule has 60 valence electrons. The lowest BCUT2D eigenvalue weighted by Crippen LogP contribution is -2.21. The van der Waals surface area contributed by atoms with Crippen LogP contribution < -0.4 is 0 Å². The van der Waals surface area contributed by atoms with Gasteiger partial charge in [-0.2, -0.15) is 0 Å². The first-order valence-electron chi connectivity index (χ1n) is 3.43. The normalized spacial score (nSPS) is 17.2. The van der Waals surface area contributed by atoms with Crippen molar-refractivity contribution in [2.24, 2.45) is 0 Å². The molecule has 0 aromatic carbocycles. The number of hydrogen-bond acceptors (Lipinski definition) is 2. The van der Waals surface area contributed by atoms with Gasteiger partial charge in [0.25, 0.3) is 0 Å². The van der Waals surface area contributed by atoms with Gasteiger partial charge in [-0.25, -0.2) is 0 Å². The minimum absolute atomic E-state index is 0.480. The molecule has 0 bridgehead atoms. The zero-order valence-corrected chi connectivity index (χ0v) is 7.05. The lowest BCUT2D eigenvalue weighted by molar-refractivity contribution is 0.117. The molecule has 0 spiro atoms. The predicted molar refractivity (Wildman–Crippen MR) is 41.7 cm³/mol. The summed E-state index contributed by atoms with van der Waals surface area (Å²) in [5, 5.41) is 18.3. The fraction of sp³-hybridized carbons (Fsp3) is 0.750. The second kappa shape index (κ2) is 3.17. The lowest BCUT2D eigenvalue weighted by Gasteiger charge is -2.18. The third-order valence-corrected chi connectivity index (χ3v) is 1.46. The van der Waals surface area contributed by atoms with Gasteiger partial charge in [0.1, 0.15) is 0 Å². The van der Waals surface area contributed by atoms with Gasteiger partial charge in [0.15, 0.2) is 0 Å². The van der Waals surface area contributed by atoms with E-state index in [9.17, 15) is 5.11 Å². The van der Waals surface area contributed by atoms with Crippen LogP contribution in [0.3, 0.4) is 0 Å². The fourth-order valence-corrected chi connectivity index (χ4v) is 0.566. The fourth-order valence-electron chi connectivity index (χ4n) is 0.566. The van der Waals surface area contributed by atoms with Crippen molar-refractivity contribution in [2.75, 3.05) is 0 Å². The lowest BCUT2D eigenvalue weighted by atomic mass is 9.99. The van der Waals surface area contributed by atoms with Crippen LogP contribution in [-0.2, 0) is 0 Å². The summed E-state index contributed by atoms with van der Waals surface area (Å²) in [6, 6.07) is 0. The molecular formula is C8H16O2. The van der Waals surface area contributed by atoms with Crippen LogP contribution in [0.15, 0.2) is 11.6 Å². The van der Waals surface area contributed by atoms with E-state index < -0.39 is 11.7 Å². The topological polar surface area (TPSA) is 40.5 Å². The molecule has 0 aromatic heterocycles. The maximum atomic E-state index is 9.36. The molecule has 0 heterocycles. The second-order valence-electron chi connectivity index (χ2n) is 3.15. The van der Waals surface area contributed by atoms with E-state index >= 15 is 0 Å². The Bertz CT molecular complexity index is 129. The SMILES string of the molecule is CC(=CC(C)O)C(C)(C)O. The maximum absolute atomic E-state index is 9.36. The smallest absolute Gasteiger partial charge is 0.0798 e. The van der Waals surface area contributed by atoms with Gasteiger partial charge in [-0.05, 0) is 33.3 Å². The molecule has 0 saturated heterocycles. The molecule has 0 aromatic rings. The minimum atomic E-state index is -0.809. The molecule has 1 atom stereocenters. The van der Waals surface area contributed by atoms with Crippen LogP contribution >= 0.6 is 0 Å². The second-order valence-corrected chi connectivity index (χ2v) is 3.15. The van der Waals surface area contributed by atoms with Crippen LogP contribution in [0.4, 0.5) is 0 Å². The van der Waals surface area contributed by atoms with Crippen LogP contribution in [0.1, 0.15) is 27.7 Å². The van der Waals surface area contributed by atoms with Gasteiger partial charge in [0.05, 0.1) is 11.7 Å². The van der Waals surface area contributed by atoms with Crippen molar-refractivity contribution in [2.45, 2.75) is 39.4 Å². The van der Waals surface area contributed by atoms with Gasteiger partial charge in [0, 0.05) is 0 Å². The molecule has 0 radical (unpaired) electrons. The molecule has 10 heavy (non-hydrogen) atoms. The Labute approximate surface area is 62.2 Å². The Balaban J connectivity index is 4.20. The van der Waals surface area contributed by atoms with Crippen molar-refractivity contribution in [1.82, 2.24) is 0 Å². The largest absolute Gasteiger partial charge is 0.389 e. The molecule has 0 fully saturated rings. The summed E-state index contributed by atoms with van der Waals surface area (Å²) >= 11 is 0. The van der Waals surface area contributed by atoms with Crippen molar-refractivity contribution in [3.8, 4) is 0 Å². The summed E-state index contributed by atoms with van der Waals surface area (Å²) in [5.41, 5.74) is -0.0146. The Kier molecular flexibility index (Phi) is 3.06. The third kappa shape index (κ3) is 3.64. The van der Waals surface area contributed by atoms with E-state index in [0.29, 0.717) is 0 Å². The Morgan fingerprint density at radius 2 is 1.90 bits per heavy atom. The van der Waals surface area contributed by atoms with Crippen molar-refractivity contribution in [3.05, 3.63) is 11.6 Å². The summed E-state index contributed by atoms with van der Waals surface area (Å²) in [4.78, 5) is 0. The number of aliphatic hydroxyl groups is 2. The predicted octanol–water partition coefficient (Wildman–Crippen LogP) is 1.08. The van der Waals surface area contributed by atoms with Crippen molar-refractivity contribution >= 4 is 0 Å². The first-order valence-corrected chi connectivity index (χ1v) is 3.43. The molecule has 0 aliphatic carbocycles. The van der Waals surface area contributed by atoms with Gasteiger partial charge in [-0.1, -0.05) is 6.08 Å². The highest BCUT2D eigenvalue weighted by Crippen LogP contribution is 2.14. The average molecular weight is 144 g/mol. The molecule has 2 nitrogen and oxygen atoms in total. The molecule has 0 aliphatic heterocycles. The summed E-state index contributed by atoms with van der Waals surface area (Å²) in [7, 11) is 0. The number of hydrogen-bond donors (Lipinski definition) is 2. The standard InChI is InChI=1S/C8H16O2/c1-6(5-7(2)9)8(3,4)10/h5,7,9-10H,1-4H3. The molecule has 0 aliphatic rings. The molecule has 2 N–H and O–H groups in total. The van der Waals surface area contributed by atoms with E-state index in [1.54, 1.807) is 33.8 Å². The van der Waals surface area contributed by atoms with Crippen molar-refractivity contribution < 1.29 is 10.2 Å². The van der Waals surface area contributed by atoms with E-state index in [0.717, 1.165) is 5.57 Å². The van der Waals surface area contributed by atoms with Crippen molar-refractivity contribution in [1.29, 1.82) is 0 Å². The summed E-state index contributed by atoms with van der Waals surface area (Å²) in [6.07, 6.45) is 1.16. The van der Waals surface area contributed by atoms with Gasteiger partial charge < -0.3 is 10.2 Å². The number of rotatable bonds is 2. The third-order valence-electron chi connectivity index (χ3n) is 1.46. The first-order chi connectivity index (χ1) is 4.34. The van der Waals surface area contributed by atoms with Gasteiger partial charge in [-0.3, -0.25) is 0 Å². The molecule has 0 rings (SSSR count). The van der Waals surface area contributed by atoms with Crippen LogP contribution in [0.25, 0.3) is 0 Å². The van der Waals surface area contributed by atoms with Crippen LogP contribution in [0, 0.1) is 0 Å². The summed E-state index contributed by atoms with van der Waals surface area (Å²) < 4.78 is 0. The van der Waals surface area contributed by atoms with Gasteiger partial charge in [-0.15, -0.1) is 0 Å². The van der Waals surface area contributed by atoms with E-state index in [-0.39, 0.29) is 0 Å². The Morgan fingerprint density at radius 3 is 2.00 bits per heavy atom. The molecular weight excluding hydrogens is 128 g/mol. The average Bonchev–Trinajstić information content (AvgIpc) is 1.60. The summed E-state index contributed by atoms with van der Waals surface area (Å²) in [6.45, 7) is 6.85. The molecule has 0 saturated carbocycles. The van der Waals surface area contributed by atoms with E-state index in [1.165, 1.54) is 0 Å². The zero-order chi connectivity index (χ0) is 8.36. The summed E-state index contributed by atoms with van der Waals surface area (Å²) in [5.74, 6) is 0. The van der Waals surface area contributed by atoms with Crippen LogP contribution in [0.5, 0.6) is 0 Å². The number of aliphatic hydroxyl groups excluding tert-OH is 1. The molecule has 0 amide bonds. The Hall–Kier alpha value is -0.340. The highest BCUT2D eigenvalue weighted by molar-refractivity contribution is 5.11. The van der Waals surface area contributed by atoms with Gasteiger partial charge >= 0.3 is 0 Å². The highest BCUT2D eigenvalue weighted by Gasteiger charge is 2.14. The quantitative estimate of drug-likeness (QED) is 0.569. The Morgan fingerprint density at radius 1 is 1.50 bits per heavy atom. The molecule has 1 unspecified atom stereocenters. The van der Waals surface area contributed by atoms with E-state index in [4.69, 9.17) is 5.11 Å². The van der Waals surface area contributed by atoms with Crippen LogP contribution in [-0.4, -0.2) is 21.9 Å².